The van der Waals surface area contributed by atoms with E-state index >= 15 is 0 Å². The Morgan fingerprint density at radius 2 is 2.00 bits per heavy atom. The normalized spacial score (nSPS) is 11.3. The maximum absolute atomic E-state index is 12.7. The molecule has 0 saturated carbocycles. The van der Waals surface area contributed by atoms with Crippen molar-refractivity contribution < 1.29 is 0 Å². The predicted octanol–water partition coefficient (Wildman–Crippen LogP) is 3.35. The van der Waals surface area contributed by atoms with Crippen molar-refractivity contribution >= 4 is 31.8 Å². The fourth-order valence-corrected chi connectivity index (χ4v) is 3.83. The Bertz CT molecular complexity index is 1180. The molecule has 0 spiro atoms. The number of aryl methyl sites for hydroxylation is 1. The number of rotatable bonds is 3. The minimum absolute atomic E-state index is 0.170. The minimum atomic E-state index is -0.170. The third-order valence-electron chi connectivity index (χ3n) is 3.84. The molecule has 0 aliphatic heterocycles. The van der Waals surface area contributed by atoms with Crippen LogP contribution in [0, 0.1) is 6.92 Å². The number of benzene rings is 1. The van der Waals surface area contributed by atoms with Crippen LogP contribution >= 0.6 is 11.3 Å². The summed E-state index contributed by atoms with van der Waals surface area (Å²) in [6, 6.07) is 9.78. The Kier molecular flexibility index (Phi) is 3.65. The molecule has 0 fully saturated rings. The molecule has 0 aliphatic rings. The standard InChI is InChI=1S/C18H15N5OS/c1-10(2)9-23-18(24)15-14(21-22-23)13-11(3)19-16(20-17(13)25-15)12-7-5-4-6-8-12/h4-8H,1,9H2,2-3H3. The Balaban J connectivity index is 1.99. The van der Waals surface area contributed by atoms with Crippen molar-refractivity contribution in [2.45, 2.75) is 20.4 Å². The van der Waals surface area contributed by atoms with Crippen LogP contribution in [0.25, 0.3) is 31.8 Å². The van der Waals surface area contributed by atoms with Crippen molar-refractivity contribution in [3.63, 3.8) is 0 Å². The first kappa shape index (κ1) is 15.6. The minimum Gasteiger partial charge on any atom is -0.266 e. The van der Waals surface area contributed by atoms with Crippen molar-refractivity contribution in [3.05, 3.63) is 58.5 Å². The van der Waals surface area contributed by atoms with Gasteiger partial charge < -0.3 is 0 Å². The molecule has 3 heterocycles. The van der Waals surface area contributed by atoms with Crippen LogP contribution in [0.3, 0.4) is 0 Å². The highest BCUT2D eigenvalue weighted by molar-refractivity contribution is 7.25. The van der Waals surface area contributed by atoms with Crippen molar-refractivity contribution in [3.8, 4) is 11.4 Å². The van der Waals surface area contributed by atoms with E-state index < -0.39 is 0 Å². The highest BCUT2D eigenvalue weighted by Crippen LogP contribution is 2.32. The third kappa shape index (κ3) is 2.62. The molecule has 3 aromatic heterocycles. The number of thiophene rings is 1. The molecule has 25 heavy (non-hydrogen) atoms. The van der Waals surface area contributed by atoms with Crippen LogP contribution in [0.2, 0.25) is 0 Å². The summed E-state index contributed by atoms with van der Waals surface area (Å²) in [5.41, 5.74) is 2.98. The van der Waals surface area contributed by atoms with Crippen LogP contribution in [0.1, 0.15) is 12.6 Å². The van der Waals surface area contributed by atoms with Gasteiger partial charge in [-0.2, -0.15) is 0 Å². The molecule has 1 aromatic carbocycles. The lowest BCUT2D eigenvalue weighted by Gasteiger charge is -2.03. The number of allylic oxidation sites excluding steroid dienone is 1. The Morgan fingerprint density at radius 3 is 2.72 bits per heavy atom. The largest absolute Gasteiger partial charge is 0.288 e. The van der Waals surface area contributed by atoms with Gasteiger partial charge in [-0.05, 0) is 13.8 Å². The van der Waals surface area contributed by atoms with Gasteiger partial charge >= 0.3 is 0 Å². The maximum Gasteiger partial charge on any atom is 0.288 e. The summed E-state index contributed by atoms with van der Waals surface area (Å²) in [6.45, 7) is 7.94. The smallest absolute Gasteiger partial charge is 0.266 e. The molecular weight excluding hydrogens is 334 g/mol. The second-order valence-corrected chi connectivity index (χ2v) is 6.97. The van der Waals surface area contributed by atoms with Gasteiger partial charge in [0.05, 0.1) is 17.6 Å². The molecule has 6 nitrogen and oxygen atoms in total. The van der Waals surface area contributed by atoms with Crippen LogP contribution in [0.5, 0.6) is 0 Å². The van der Waals surface area contributed by atoms with Crippen LogP contribution in [-0.4, -0.2) is 25.0 Å². The molecule has 0 N–H and O–H groups in total. The Morgan fingerprint density at radius 1 is 1.24 bits per heavy atom. The van der Waals surface area contributed by atoms with E-state index in [0.29, 0.717) is 22.6 Å². The number of fused-ring (bicyclic) bond motifs is 3. The highest BCUT2D eigenvalue weighted by atomic mass is 32.1. The van der Waals surface area contributed by atoms with E-state index in [4.69, 9.17) is 0 Å². The monoisotopic (exact) mass is 349 g/mol. The van der Waals surface area contributed by atoms with Gasteiger partial charge in [0.15, 0.2) is 5.82 Å². The second-order valence-electron chi connectivity index (χ2n) is 5.97. The van der Waals surface area contributed by atoms with Gasteiger partial charge in [0, 0.05) is 5.56 Å². The van der Waals surface area contributed by atoms with E-state index in [-0.39, 0.29) is 5.56 Å². The van der Waals surface area contributed by atoms with E-state index in [2.05, 4.69) is 26.9 Å². The Labute approximate surface area is 147 Å². The van der Waals surface area contributed by atoms with Crippen LogP contribution in [0.15, 0.2) is 47.3 Å². The first-order chi connectivity index (χ1) is 12.0. The molecular formula is C18H15N5OS. The van der Waals surface area contributed by atoms with Gasteiger partial charge in [-0.15, -0.1) is 16.4 Å². The summed E-state index contributed by atoms with van der Waals surface area (Å²) in [6.07, 6.45) is 0. The van der Waals surface area contributed by atoms with E-state index in [1.165, 1.54) is 16.0 Å². The molecule has 7 heteroatoms. The maximum atomic E-state index is 12.7. The number of nitrogens with zero attached hydrogens (tertiary/aromatic N) is 5. The molecule has 0 unspecified atom stereocenters. The average molecular weight is 349 g/mol. The molecule has 124 valence electrons. The molecule has 0 radical (unpaired) electrons. The lowest BCUT2D eigenvalue weighted by atomic mass is 10.2. The fourth-order valence-electron chi connectivity index (χ4n) is 2.72. The van der Waals surface area contributed by atoms with Gasteiger partial charge in [-0.25, -0.2) is 14.6 Å². The number of hydrogen-bond acceptors (Lipinski definition) is 6. The first-order valence-electron chi connectivity index (χ1n) is 7.79. The summed E-state index contributed by atoms with van der Waals surface area (Å²) in [5, 5.41) is 9.08. The topological polar surface area (TPSA) is 73.6 Å². The van der Waals surface area contributed by atoms with Gasteiger partial charge in [0.2, 0.25) is 0 Å². The van der Waals surface area contributed by atoms with Crippen molar-refractivity contribution in [1.82, 2.24) is 25.0 Å². The van der Waals surface area contributed by atoms with Crippen LogP contribution < -0.4 is 5.56 Å². The number of aromatic nitrogens is 5. The van der Waals surface area contributed by atoms with Gasteiger partial charge in [-0.1, -0.05) is 47.7 Å². The molecule has 0 atom stereocenters. The zero-order valence-corrected chi connectivity index (χ0v) is 14.7. The van der Waals surface area contributed by atoms with Crippen LogP contribution in [0.4, 0.5) is 0 Å². The summed E-state index contributed by atoms with van der Waals surface area (Å²) in [7, 11) is 0. The molecule has 4 rings (SSSR count). The lowest BCUT2D eigenvalue weighted by Crippen LogP contribution is -2.23. The van der Waals surface area contributed by atoms with E-state index in [9.17, 15) is 4.79 Å². The number of hydrogen-bond donors (Lipinski definition) is 0. The Hall–Kier alpha value is -2.93. The zero-order valence-electron chi connectivity index (χ0n) is 13.9. The van der Waals surface area contributed by atoms with Crippen molar-refractivity contribution in [2.24, 2.45) is 0 Å². The molecule has 0 bridgehead atoms. The summed E-state index contributed by atoms with van der Waals surface area (Å²) >= 11 is 1.34. The molecule has 0 aliphatic carbocycles. The first-order valence-corrected chi connectivity index (χ1v) is 8.60. The molecule has 0 saturated heterocycles. The summed E-state index contributed by atoms with van der Waals surface area (Å²) in [5.74, 6) is 0.646. The lowest BCUT2D eigenvalue weighted by molar-refractivity contribution is 0.597. The van der Waals surface area contributed by atoms with Crippen molar-refractivity contribution in [1.29, 1.82) is 0 Å². The van der Waals surface area contributed by atoms with Gasteiger partial charge in [-0.3, -0.25) is 4.79 Å². The molecule has 0 amide bonds. The SMILES string of the molecule is C=C(C)Cn1nnc2c(sc3nc(-c4ccccc4)nc(C)c32)c1=O. The van der Waals surface area contributed by atoms with Gasteiger partial charge in [0.25, 0.3) is 5.56 Å². The van der Waals surface area contributed by atoms with E-state index in [1.54, 1.807) is 0 Å². The predicted molar refractivity (Wildman–Crippen MR) is 99.8 cm³/mol. The van der Waals surface area contributed by atoms with Crippen LogP contribution in [-0.2, 0) is 6.54 Å². The summed E-state index contributed by atoms with van der Waals surface area (Å²) < 4.78 is 1.88. The van der Waals surface area contributed by atoms with Crippen molar-refractivity contribution in [2.75, 3.05) is 0 Å². The molecule has 4 aromatic rings. The van der Waals surface area contributed by atoms with E-state index in [0.717, 1.165) is 27.0 Å². The summed E-state index contributed by atoms with van der Waals surface area (Å²) in [4.78, 5) is 22.7. The third-order valence-corrected chi connectivity index (χ3v) is 4.90. The second kappa shape index (κ2) is 5.86. The highest BCUT2D eigenvalue weighted by Gasteiger charge is 2.17. The van der Waals surface area contributed by atoms with E-state index in [1.807, 2.05) is 44.2 Å². The fraction of sp³-hybridized carbons (Fsp3) is 0.167. The van der Waals surface area contributed by atoms with Gasteiger partial charge in [0.1, 0.15) is 15.0 Å². The zero-order chi connectivity index (χ0) is 17.6. The average Bonchev–Trinajstić information content (AvgIpc) is 2.98. The quantitative estimate of drug-likeness (QED) is 0.530.